The van der Waals surface area contributed by atoms with Crippen molar-refractivity contribution < 1.29 is 26.7 Å². The van der Waals surface area contributed by atoms with Crippen molar-refractivity contribution in [3.05, 3.63) is 33.8 Å². The van der Waals surface area contributed by atoms with E-state index in [1.807, 2.05) is 0 Å². The lowest BCUT2D eigenvalue weighted by Crippen LogP contribution is -2.17. The van der Waals surface area contributed by atoms with Gasteiger partial charge in [0.15, 0.2) is 0 Å². The summed E-state index contributed by atoms with van der Waals surface area (Å²) < 4.78 is 66.4. The van der Waals surface area contributed by atoms with Gasteiger partial charge >= 0.3 is 6.18 Å². The molecule has 0 aliphatic rings. The van der Waals surface area contributed by atoms with Gasteiger partial charge in [0.25, 0.3) is 0 Å². The predicted molar refractivity (Wildman–Crippen MR) is 64.1 cm³/mol. The summed E-state index contributed by atoms with van der Waals surface area (Å²) in [5, 5.41) is -0.962. The van der Waals surface area contributed by atoms with Crippen molar-refractivity contribution in [2.45, 2.75) is 18.0 Å². The highest BCUT2D eigenvalue weighted by Gasteiger charge is 2.27. The minimum atomic E-state index is -4.42. The molecule has 1 atom stereocenters. The molecule has 0 aliphatic carbocycles. The first-order valence-corrected chi connectivity index (χ1v) is 6.36. The number of halogens is 7. The highest BCUT2D eigenvalue weighted by atomic mass is 79.9. The van der Waals surface area contributed by atoms with Crippen molar-refractivity contribution in [2.75, 3.05) is 13.2 Å². The molecule has 1 aromatic rings. The van der Waals surface area contributed by atoms with E-state index in [2.05, 4.69) is 20.7 Å². The van der Waals surface area contributed by atoms with Crippen LogP contribution in [0, 0.1) is 11.6 Å². The molecular formula is C11H9BrClF5O. The summed E-state index contributed by atoms with van der Waals surface area (Å²) in [5.74, 6) is -1.43. The summed E-state index contributed by atoms with van der Waals surface area (Å²) in [7, 11) is 0. The molecule has 1 nitrogen and oxygen atoms in total. The molecule has 0 saturated carbocycles. The molecule has 1 rings (SSSR count). The molecule has 8 heteroatoms. The fourth-order valence-corrected chi connectivity index (χ4v) is 1.88. The maximum Gasteiger partial charge on any atom is 0.411 e. The molecule has 1 unspecified atom stereocenters. The summed E-state index contributed by atoms with van der Waals surface area (Å²) in [6.07, 6.45) is -4.48. The number of rotatable bonds is 5. The van der Waals surface area contributed by atoms with Crippen molar-refractivity contribution in [3.8, 4) is 0 Å². The third kappa shape index (κ3) is 5.62. The van der Waals surface area contributed by atoms with Crippen LogP contribution >= 0.6 is 27.5 Å². The molecule has 0 radical (unpaired) electrons. The highest BCUT2D eigenvalue weighted by Crippen LogP contribution is 2.30. The van der Waals surface area contributed by atoms with Crippen molar-refractivity contribution in [2.24, 2.45) is 0 Å². The Morgan fingerprint density at radius 1 is 1.21 bits per heavy atom. The Kier molecular flexibility index (Phi) is 6.01. The van der Waals surface area contributed by atoms with Crippen LogP contribution in [0.3, 0.4) is 0 Å². The van der Waals surface area contributed by atoms with Gasteiger partial charge < -0.3 is 4.74 Å². The quantitative estimate of drug-likeness (QED) is 0.309. The minimum Gasteiger partial charge on any atom is -0.372 e. The molecule has 0 fully saturated rings. The molecule has 0 aromatic heterocycles. The average molecular weight is 368 g/mol. The molecule has 0 amide bonds. The van der Waals surface area contributed by atoms with E-state index in [0.29, 0.717) is 0 Å². The van der Waals surface area contributed by atoms with E-state index in [9.17, 15) is 22.0 Å². The fourth-order valence-electron chi connectivity index (χ4n) is 1.31. The Hall–Kier alpha value is -0.400. The number of benzene rings is 1. The molecule has 1 aromatic carbocycles. The van der Waals surface area contributed by atoms with Crippen LogP contribution in [0.4, 0.5) is 22.0 Å². The third-order valence-electron chi connectivity index (χ3n) is 2.16. The molecule has 0 aliphatic heterocycles. The smallest absolute Gasteiger partial charge is 0.372 e. The van der Waals surface area contributed by atoms with Crippen LogP contribution in [0.15, 0.2) is 16.6 Å². The van der Waals surface area contributed by atoms with Crippen molar-refractivity contribution in [1.29, 1.82) is 0 Å². The van der Waals surface area contributed by atoms with E-state index in [4.69, 9.17) is 11.6 Å². The lowest BCUT2D eigenvalue weighted by molar-refractivity contribution is -0.174. The third-order valence-corrected chi connectivity index (χ3v) is 3.22. The fraction of sp³-hybridized carbons (Fsp3) is 0.455. The van der Waals surface area contributed by atoms with Crippen molar-refractivity contribution in [3.63, 3.8) is 0 Å². The van der Waals surface area contributed by atoms with Gasteiger partial charge in [0.1, 0.15) is 18.2 Å². The minimum absolute atomic E-state index is 0.0501. The molecule has 19 heavy (non-hydrogen) atoms. The number of ether oxygens (including phenoxy) is 1. The van der Waals surface area contributed by atoms with E-state index in [1.54, 1.807) is 0 Å². The zero-order chi connectivity index (χ0) is 14.6. The maximum absolute atomic E-state index is 13.5. The van der Waals surface area contributed by atoms with Gasteiger partial charge in [-0.05, 0) is 34.5 Å². The first kappa shape index (κ1) is 16.7. The van der Waals surface area contributed by atoms with Crippen LogP contribution in [0.1, 0.15) is 17.4 Å². The van der Waals surface area contributed by atoms with Crippen LogP contribution < -0.4 is 0 Å². The highest BCUT2D eigenvalue weighted by molar-refractivity contribution is 9.10. The molecule has 0 spiro atoms. The van der Waals surface area contributed by atoms with E-state index in [1.165, 1.54) is 0 Å². The van der Waals surface area contributed by atoms with Gasteiger partial charge in [-0.1, -0.05) is 0 Å². The second-order valence-corrected chi connectivity index (χ2v) is 5.09. The SMILES string of the molecule is Fc1cc(C(Cl)CCOCC(F)(F)F)c(F)cc1Br. The molecule has 0 bridgehead atoms. The molecular weight excluding hydrogens is 358 g/mol. The second-order valence-electron chi connectivity index (χ2n) is 3.71. The van der Waals surface area contributed by atoms with Gasteiger partial charge in [-0.25, -0.2) is 8.78 Å². The van der Waals surface area contributed by atoms with E-state index >= 15 is 0 Å². The van der Waals surface area contributed by atoms with Gasteiger partial charge in [-0.15, -0.1) is 11.6 Å². The van der Waals surface area contributed by atoms with E-state index in [0.717, 1.165) is 12.1 Å². The molecule has 108 valence electrons. The Morgan fingerprint density at radius 3 is 2.42 bits per heavy atom. The second kappa shape index (κ2) is 6.85. The maximum atomic E-state index is 13.5. The van der Waals surface area contributed by atoms with Crippen molar-refractivity contribution >= 4 is 27.5 Å². The zero-order valence-electron chi connectivity index (χ0n) is 9.41. The van der Waals surface area contributed by atoms with Gasteiger partial charge in [0.2, 0.25) is 0 Å². The van der Waals surface area contributed by atoms with Crippen LogP contribution in [-0.2, 0) is 4.74 Å². The molecule has 0 heterocycles. The Balaban J connectivity index is 2.54. The normalized spacial score (nSPS) is 13.6. The number of hydrogen-bond acceptors (Lipinski definition) is 1. The first-order valence-electron chi connectivity index (χ1n) is 5.13. The Morgan fingerprint density at radius 2 is 1.84 bits per heavy atom. The average Bonchev–Trinajstić information content (AvgIpc) is 2.28. The first-order chi connectivity index (χ1) is 8.70. The van der Waals surface area contributed by atoms with Gasteiger partial charge in [0, 0.05) is 12.2 Å². The zero-order valence-corrected chi connectivity index (χ0v) is 11.7. The summed E-state index contributed by atoms with van der Waals surface area (Å²) in [5.41, 5.74) is -0.113. The molecule has 0 saturated heterocycles. The summed E-state index contributed by atoms with van der Waals surface area (Å²) >= 11 is 8.61. The van der Waals surface area contributed by atoms with Gasteiger partial charge in [-0.2, -0.15) is 13.2 Å². The monoisotopic (exact) mass is 366 g/mol. The van der Waals surface area contributed by atoms with Crippen LogP contribution in [0.5, 0.6) is 0 Å². The predicted octanol–water partition coefficient (Wildman–Crippen LogP) is 4.98. The van der Waals surface area contributed by atoms with Crippen LogP contribution in [-0.4, -0.2) is 19.4 Å². The van der Waals surface area contributed by atoms with E-state index in [-0.39, 0.29) is 23.1 Å². The summed E-state index contributed by atoms with van der Waals surface area (Å²) in [6, 6.07) is 1.82. The Labute approximate surface area is 119 Å². The summed E-state index contributed by atoms with van der Waals surface area (Å²) in [4.78, 5) is 0. The lowest BCUT2D eigenvalue weighted by atomic mass is 10.1. The topological polar surface area (TPSA) is 9.23 Å². The Bertz CT molecular complexity index is 438. The van der Waals surface area contributed by atoms with Gasteiger partial charge in [0.05, 0.1) is 9.85 Å². The largest absolute Gasteiger partial charge is 0.411 e. The van der Waals surface area contributed by atoms with Crippen molar-refractivity contribution in [1.82, 2.24) is 0 Å². The van der Waals surface area contributed by atoms with Crippen LogP contribution in [0.2, 0.25) is 0 Å². The standard InChI is InChI=1S/C11H9BrClF5O/c12-7-4-9(14)6(3-10(7)15)8(13)1-2-19-5-11(16,17)18/h3-4,8H,1-2,5H2. The molecule has 0 N–H and O–H groups in total. The van der Waals surface area contributed by atoms with Gasteiger partial charge in [-0.3, -0.25) is 0 Å². The number of alkyl halides is 4. The number of hydrogen-bond donors (Lipinski definition) is 0. The van der Waals surface area contributed by atoms with E-state index < -0.39 is 29.8 Å². The lowest BCUT2D eigenvalue weighted by Gasteiger charge is -2.13. The summed E-state index contributed by atoms with van der Waals surface area (Å²) in [6.45, 7) is -1.70. The van der Waals surface area contributed by atoms with Crippen LogP contribution in [0.25, 0.3) is 0 Å².